The summed E-state index contributed by atoms with van der Waals surface area (Å²) in [5.41, 5.74) is 1.02. The van der Waals surface area contributed by atoms with Crippen LogP contribution in [0.15, 0.2) is 36.4 Å². The molecule has 0 fully saturated rings. The summed E-state index contributed by atoms with van der Waals surface area (Å²) >= 11 is 17.8. The van der Waals surface area contributed by atoms with Crippen LogP contribution in [0, 0.1) is 0 Å². The van der Waals surface area contributed by atoms with Crippen LogP contribution in [0.3, 0.4) is 0 Å². The lowest BCUT2D eigenvalue weighted by Crippen LogP contribution is -2.40. The molecule has 0 radical (unpaired) electrons. The van der Waals surface area contributed by atoms with Crippen LogP contribution in [0.4, 0.5) is 11.4 Å². The van der Waals surface area contributed by atoms with Crippen LogP contribution in [-0.4, -0.2) is 25.0 Å². The lowest BCUT2D eigenvalue weighted by Gasteiger charge is -2.29. The Kier molecular flexibility index (Phi) is 5.37. The summed E-state index contributed by atoms with van der Waals surface area (Å²) in [5, 5.41) is 3.56. The van der Waals surface area contributed by atoms with E-state index in [1.165, 1.54) is 17.0 Å². The third-order valence-electron chi connectivity index (χ3n) is 3.65. The number of nitrogens with one attached hydrogen (secondary N) is 1. The molecule has 0 aromatic heterocycles. The van der Waals surface area contributed by atoms with Gasteiger partial charge in [0.05, 0.1) is 26.4 Å². The van der Waals surface area contributed by atoms with Crippen LogP contribution < -0.4 is 15.0 Å². The molecule has 0 saturated carbocycles. The summed E-state index contributed by atoms with van der Waals surface area (Å²) in [6, 6.07) is 10.1. The minimum Gasteiger partial charge on any atom is -0.482 e. The van der Waals surface area contributed by atoms with Crippen molar-refractivity contribution in [3.63, 3.8) is 0 Å². The first-order valence-electron chi connectivity index (χ1n) is 7.42. The van der Waals surface area contributed by atoms with Crippen molar-refractivity contribution in [2.45, 2.75) is 6.42 Å². The van der Waals surface area contributed by atoms with Crippen LogP contribution >= 0.6 is 34.8 Å². The quantitative estimate of drug-likeness (QED) is 0.775. The van der Waals surface area contributed by atoms with Gasteiger partial charge in [0.1, 0.15) is 5.75 Å². The minimum absolute atomic E-state index is 0.0444. The molecule has 0 bridgehead atoms. The van der Waals surface area contributed by atoms with Gasteiger partial charge in [-0.05, 0) is 24.3 Å². The number of carbonyl (C=O) groups is 2. The van der Waals surface area contributed by atoms with Crippen molar-refractivity contribution in [3.8, 4) is 5.75 Å². The summed E-state index contributed by atoms with van der Waals surface area (Å²) in [6.07, 6.45) is 0.0939. The van der Waals surface area contributed by atoms with Crippen molar-refractivity contribution in [1.82, 2.24) is 0 Å². The number of fused-ring (bicyclic) bond motifs is 1. The number of benzene rings is 2. The maximum atomic E-state index is 12.2. The summed E-state index contributed by atoms with van der Waals surface area (Å²) in [7, 11) is 0. The van der Waals surface area contributed by atoms with Gasteiger partial charge in [-0.25, -0.2) is 0 Å². The number of ether oxygens (including phenoxy) is 1. The van der Waals surface area contributed by atoms with Gasteiger partial charge in [0.25, 0.3) is 5.91 Å². The topological polar surface area (TPSA) is 58.6 Å². The fourth-order valence-corrected chi connectivity index (χ4v) is 3.04. The van der Waals surface area contributed by atoms with Gasteiger partial charge in [-0.1, -0.05) is 46.9 Å². The molecule has 3 rings (SSSR count). The molecule has 0 unspecified atom stereocenters. The van der Waals surface area contributed by atoms with Crippen LogP contribution in [0.1, 0.15) is 6.42 Å². The van der Waals surface area contributed by atoms with Crippen molar-refractivity contribution in [3.05, 3.63) is 51.5 Å². The number of hydrogen-bond donors (Lipinski definition) is 1. The molecule has 1 N–H and O–H groups in total. The predicted molar refractivity (Wildman–Crippen MR) is 99.0 cm³/mol. The Hall–Kier alpha value is -1.95. The van der Waals surface area contributed by atoms with Crippen molar-refractivity contribution >= 4 is 58.0 Å². The Morgan fingerprint density at radius 3 is 2.64 bits per heavy atom. The molecule has 0 saturated heterocycles. The molecular formula is C17H13Cl3N2O3. The molecule has 0 spiro atoms. The Balaban J connectivity index is 1.67. The molecule has 130 valence electrons. The first kappa shape index (κ1) is 17.9. The average Bonchev–Trinajstić information content (AvgIpc) is 2.59. The first-order chi connectivity index (χ1) is 12.0. The fraction of sp³-hybridized carbons (Fsp3) is 0.176. The Bertz CT molecular complexity index is 842. The van der Waals surface area contributed by atoms with Gasteiger partial charge in [0.15, 0.2) is 6.61 Å². The standard InChI is InChI=1S/C17H13Cl3N2O3/c18-10-7-12(20)13(8-11(10)19)21-16(23)5-6-22-14-3-1-2-4-15(14)25-9-17(22)24/h1-4,7-8H,5-6,9H2,(H,21,23). The number of carbonyl (C=O) groups excluding carboxylic acids is 2. The van der Waals surface area contributed by atoms with E-state index in [1.807, 2.05) is 12.1 Å². The van der Waals surface area contributed by atoms with Crippen LogP contribution in [0.5, 0.6) is 5.75 Å². The molecule has 2 aromatic carbocycles. The molecule has 5 nitrogen and oxygen atoms in total. The largest absolute Gasteiger partial charge is 0.482 e. The molecular weight excluding hydrogens is 387 g/mol. The predicted octanol–water partition coefficient (Wildman–Crippen LogP) is 4.40. The lowest BCUT2D eigenvalue weighted by molar-refractivity contribution is -0.121. The monoisotopic (exact) mass is 398 g/mol. The third kappa shape index (κ3) is 4.00. The fourth-order valence-electron chi connectivity index (χ4n) is 2.44. The molecule has 0 aliphatic carbocycles. The van der Waals surface area contributed by atoms with Crippen LogP contribution in [0.2, 0.25) is 15.1 Å². The van der Waals surface area contributed by atoms with E-state index in [1.54, 1.807) is 12.1 Å². The number of hydrogen-bond acceptors (Lipinski definition) is 3. The normalized spacial score (nSPS) is 13.2. The summed E-state index contributed by atoms with van der Waals surface area (Å²) in [4.78, 5) is 25.8. The number of nitrogens with zero attached hydrogens (tertiary/aromatic N) is 1. The van der Waals surface area contributed by atoms with E-state index in [-0.39, 0.29) is 36.4 Å². The van der Waals surface area contributed by atoms with E-state index in [0.29, 0.717) is 27.2 Å². The van der Waals surface area contributed by atoms with Crippen molar-refractivity contribution in [2.75, 3.05) is 23.4 Å². The van der Waals surface area contributed by atoms with Crippen LogP contribution in [-0.2, 0) is 9.59 Å². The first-order valence-corrected chi connectivity index (χ1v) is 8.55. The Morgan fingerprint density at radius 1 is 1.12 bits per heavy atom. The zero-order valence-corrected chi connectivity index (χ0v) is 15.2. The second-order valence-corrected chi connectivity index (χ2v) is 6.57. The van der Waals surface area contributed by atoms with Gasteiger partial charge in [-0.15, -0.1) is 0 Å². The molecule has 1 aliphatic heterocycles. The van der Waals surface area contributed by atoms with Gasteiger partial charge in [-0.3, -0.25) is 9.59 Å². The molecule has 2 amide bonds. The second kappa shape index (κ2) is 7.52. The number of halogens is 3. The van der Waals surface area contributed by atoms with E-state index < -0.39 is 0 Å². The zero-order valence-electron chi connectivity index (χ0n) is 12.9. The summed E-state index contributed by atoms with van der Waals surface area (Å²) in [6.45, 7) is 0.182. The maximum absolute atomic E-state index is 12.2. The highest BCUT2D eigenvalue weighted by molar-refractivity contribution is 6.44. The van der Waals surface area contributed by atoms with Gasteiger partial charge < -0.3 is 15.0 Å². The molecule has 25 heavy (non-hydrogen) atoms. The molecule has 1 aliphatic rings. The number of rotatable bonds is 4. The van der Waals surface area contributed by atoms with E-state index in [0.717, 1.165) is 0 Å². The lowest BCUT2D eigenvalue weighted by atomic mass is 10.2. The average molecular weight is 400 g/mol. The third-order valence-corrected chi connectivity index (χ3v) is 4.69. The van der Waals surface area contributed by atoms with Gasteiger partial charge >= 0.3 is 0 Å². The number of anilines is 2. The summed E-state index contributed by atoms with van der Waals surface area (Å²) in [5.74, 6) is 0.131. The van der Waals surface area contributed by atoms with Crippen molar-refractivity contribution < 1.29 is 14.3 Å². The second-order valence-electron chi connectivity index (χ2n) is 5.35. The van der Waals surface area contributed by atoms with E-state index in [4.69, 9.17) is 39.5 Å². The summed E-state index contributed by atoms with van der Waals surface area (Å²) < 4.78 is 5.37. The van der Waals surface area contributed by atoms with Crippen molar-refractivity contribution in [1.29, 1.82) is 0 Å². The number of para-hydroxylation sites is 2. The molecule has 8 heteroatoms. The van der Waals surface area contributed by atoms with E-state index in [9.17, 15) is 9.59 Å². The molecule has 0 atom stereocenters. The van der Waals surface area contributed by atoms with Gasteiger partial charge in [0, 0.05) is 13.0 Å². The Morgan fingerprint density at radius 2 is 1.84 bits per heavy atom. The van der Waals surface area contributed by atoms with E-state index in [2.05, 4.69) is 5.32 Å². The van der Waals surface area contributed by atoms with Gasteiger partial charge in [0.2, 0.25) is 5.91 Å². The van der Waals surface area contributed by atoms with E-state index >= 15 is 0 Å². The Labute approximate surface area is 159 Å². The molecule has 2 aromatic rings. The van der Waals surface area contributed by atoms with Gasteiger partial charge in [-0.2, -0.15) is 0 Å². The SMILES string of the molecule is O=C(CCN1C(=O)COc2ccccc21)Nc1cc(Cl)c(Cl)cc1Cl. The van der Waals surface area contributed by atoms with Crippen LogP contribution in [0.25, 0.3) is 0 Å². The van der Waals surface area contributed by atoms with Crippen molar-refractivity contribution in [2.24, 2.45) is 0 Å². The maximum Gasteiger partial charge on any atom is 0.265 e. The zero-order chi connectivity index (χ0) is 18.0. The molecule has 1 heterocycles. The number of amides is 2. The highest BCUT2D eigenvalue weighted by Crippen LogP contribution is 2.33. The highest BCUT2D eigenvalue weighted by atomic mass is 35.5. The highest BCUT2D eigenvalue weighted by Gasteiger charge is 2.25. The smallest absolute Gasteiger partial charge is 0.265 e. The minimum atomic E-state index is -0.294.